The maximum absolute atomic E-state index is 13.3. The van der Waals surface area contributed by atoms with Crippen molar-refractivity contribution < 1.29 is 18.6 Å². The average Bonchev–Trinajstić information content (AvgIpc) is 2.36. The number of ether oxygens (including phenoxy) is 1. The van der Waals surface area contributed by atoms with Gasteiger partial charge in [-0.1, -0.05) is 18.2 Å². The minimum absolute atomic E-state index is 0.0642. The Morgan fingerprint density at radius 1 is 1.11 bits per heavy atom. The van der Waals surface area contributed by atoms with Crippen LogP contribution < -0.4 is 10.5 Å². The van der Waals surface area contributed by atoms with Gasteiger partial charge in [0.2, 0.25) is 0 Å². The van der Waals surface area contributed by atoms with Crippen molar-refractivity contribution in [3.63, 3.8) is 0 Å². The lowest BCUT2D eigenvalue weighted by Gasteiger charge is -2.10. The topological polar surface area (TPSA) is 55.5 Å². The normalized spacial score (nSPS) is 10.3. The van der Waals surface area contributed by atoms with Crippen LogP contribution in [0, 0.1) is 11.6 Å². The first kappa shape index (κ1) is 12.2. The van der Waals surface area contributed by atoms with Crippen LogP contribution in [0.15, 0.2) is 36.4 Å². The van der Waals surface area contributed by atoms with Crippen LogP contribution in [0.3, 0.4) is 0 Å². The lowest BCUT2D eigenvalue weighted by Crippen LogP contribution is -2.02. The van der Waals surface area contributed by atoms with E-state index in [0.717, 1.165) is 6.07 Å². The Morgan fingerprint density at radius 2 is 1.83 bits per heavy atom. The molecule has 0 fully saturated rings. The third kappa shape index (κ3) is 2.34. The van der Waals surface area contributed by atoms with E-state index in [1.165, 1.54) is 24.3 Å². The van der Waals surface area contributed by atoms with Crippen molar-refractivity contribution in [1.82, 2.24) is 0 Å². The second-order valence-electron chi connectivity index (χ2n) is 3.69. The molecule has 0 amide bonds. The van der Waals surface area contributed by atoms with E-state index in [0.29, 0.717) is 0 Å². The van der Waals surface area contributed by atoms with Gasteiger partial charge in [-0.05, 0) is 18.2 Å². The molecule has 2 rings (SSSR count). The Morgan fingerprint density at radius 3 is 2.61 bits per heavy atom. The molecule has 2 aromatic rings. The number of nitrogen functional groups attached to an aromatic ring is 1. The number of rotatable bonds is 3. The second kappa shape index (κ2) is 4.91. The molecule has 3 nitrogen and oxygen atoms in total. The number of phenols is 1. The van der Waals surface area contributed by atoms with Gasteiger partial charge in [-0.15, -0.1) is 0 Å². The highest BCUT2D eigenvalue weighted by atomic mass is 19.2. The number of nitrogens with two attached hydrogens (primary N) is 1. The van der Waals surface area contributed by atoms with Gasteiger partial charge in [0.05, 0.1) is 0 Å². The summed E-state index contributed by atoms with van der Waals surface area (Å²) in [6.07, 6.45) is 0. The zero-order chi connectivity index (χ0) is 13.1. The molecule has 0 aliphatic carbocycles. The number of anilines is 1. The van der Waals surface area contributed by atoms with Crippen molar-refractivity contribution in [1.29, 1.82) is 0 Å². The van der Waals surface area contributed by atoms with E-state index in [-0.39, 0.29) is 29.4 Å². The van der Waals surface area contributed by atoms with Crippen molar-refractivity contribution >= 4 is 5.69 Å². The number of hydrogen-bond donors (Lipinski definition) is 2. The number of halogens is 2. The standard InChI is InChI=1S/C13H11F2NO2/c14-9-4-1-3-8(12(9)15)7-18-11-6-2-5-10(17)13(11)16/h1-6,17H,7,16H2. The van der Waals surface area contributed by atoms with Gasteiger partial charge in [0, 0.05) is 5.56 Å². The minimum atomic E-state index is -0.948. The van der Waals surface area contributed by atoms with Gasteiger partial charge in [-0.2, -0.15) is 0 Å². The molecule has 0 aliphatic heterocycles. The largest absolute Gasteiger partial charge is 0.506 e. The number of aromatic hydroxyl groups is 1. The Bertz CT molecular complexity index is 521. The highest BCUT2D eigenvalue weighted by molar-refractivity contribution is 5.61. The van der Waals surface area contributed by atoms with Gasteiger partial charge in [-0.3, -0.25) is 0 Å². The van der Waals surface area contributed by atoms with Gasteiger partial charge in [0.25, 0.3) is 0 Å². The highest BCUT2D eigenvalue weighted by Gasteiger charge is 2.10. The van der Waals surface area contributed by atoms with Crippen LogP contribution in [0.2, 0.25) is 0 Å². The number of para-hydroxylation sites is 1. The molecule has 0 spiro atoms. The van der Waals surface area contributed by atoms with Crippen molar-refractivity contribution in [3.05, 3.63) is 53.6 Å². The van der Waals surface area contributed by atoms with Crippen LogP contribution >= 0.6 is 0 Å². The summed E-state index contributed by atoms with van der Waals surface area (Å²) in [5.41, 5.74) is 5.72. The Hall–Kier alpha value is -2.30. The quantitative estimate of drug-likeness (QED) is 0.651. The van der Waals surface area contributed by atoms with Crippen molar-refractivity contribution in [2.24, 2.45) is 0 Å². The van der Waals surface area contributed by atoms with Crippen LogP contribution in [-0.4, -0.2) is 5.11 Å². The summed E-state index contributed by atoms with van der Waals surface area (Å²) in [6, 6.07) is 8.32. The van der Waals surface area contributed by atoms with Gasteiger partial charge in [0.1, 0.15) is 23.8 Å². The van der Waals surface area contributed by atoms with Gasteiger partial charge in [0.15, 0.2) is 11.6 Å². The monoisotopic (exact) mass is 251 g/mol. The smallest absolute Gasteiger partial charge is 0.165 e. The zero-order valence-corrected chi connectivity index (χ0v) is 9.36. The summed E-state index contributed by atoms with van der Waals surface area (Å²) in [4.78, 5) is 0. The minimum Gasteiger partial charge on any atom is -0.506 e. The van der Waals surface area contributed by atoms with E-state index < -0.39 is 11.6 Å². The number of phenolic OH excluding ortho intramolecular Hbond substituents is 1. The molecule has 5 heteroatoms. The van der Waals surface area contributed by atoms with Crippen molar-refractivity contribution in [3.8, 4) is 11.5 Å². The third-order valence-corrected chi connectivity index (χ3v) is 2.46. The fraction of sp³-hybridized carbons (Fsp3) is 0.0769. The van der Waals surface area contributed by atoms with E-state index in [9.17, 15) is 13.9 Å². The molecule has 0 unspecified atom stereocenters. The predicted molar refractivity (Wildman–Crippen MR) is 63.2 cm³/mol. The van der Waals surface area contributed by atoms with Crippen LogP contribution in [0.25, 0.3) is 0 Å². The fourth-order valence-corrected chi connectivity index (χ4v) is 1.47. The third-order valence-electron chi connectivity index (χ3n) is 2.46. The summed E-state index contributed by atoms with van der Waals surface area (Å²) in [7, 11) is 0. The van der Waals surface area contributed by atoms with Crippen LogP contribution in [0.5, 0.6) is 11.5 Å². The first-order valence-electron chi connectivity index (χ1n) is 5.22. The average molecular weight is 251 g/mol. The van der Waals surface area contributed by atoms with Crippen molar-refractivity contribution in [2.75, 3.05) is 5.73 Å². The molecule has 0 heterocycles. The van der Waals surface area contributed by atoms with Crippen LogP contribution in [0.1, 0.15) is 5.56 Å². The summed E-state index contributed by atoms with van der Waals surface area (Å²) >= 11 is 0. The summed E-state index contributed by atoms with van der Waals surface area (Å²) in [6.45, 7) is -0.169. The molecule has 0 saturated carbocycles. The SMILES string of the molecule is Nc1c(O)cccc1OCc1cccc(F)c1F. The van der Waals surface area contributed by atoms with Gasteiger partial charge in [-0.25, -0.2) is 8.78 Å². The molecule has 94 valence electrons. The fourth-order valence-electron chi connectivity index (χ4n) is 1.47. The van der Waals surface area contributed by atoms with Gasteiger partial charge < -0.3 is 15.6 Å². The van der Waals surface area contributed by atoms with E-state index in [1.54, 1.807) is 6.07 Å². The van der Waals surface area contributed by atoms with Crippen LogP contribution in [0.4, 0.5) is 14.5 Å². The van der Waals surface area contributed by atoms with E-state index in [2.05, 4.69) is 0 Å². The molecule has 0 radical (unpaired) electrons. The van der Waals surface area contributed by atoms with Crippen molar-refractivity contribution in [2.45, 2.75) is 6.61 Å². The molecule has 0 bridgehead atoms. The Balaban J connectivity index is 2.17. The van der Waals surface area contributed by atoms with Crippen LogP contribution in [-0.2, 0) is 6.61 Å². The summed E-state index contributed by atoms with van der Waals surface area (Å²) < 4.78 is 31.5. The molecule has 2 aromatic carbocycles. The second-order valence-corrected chi connectivity index (χ2v) is 3.69. The van der Waals surface area contributed by atoms with E-state index in [4.69, 9.17) is 10.5 Å². The maximum Gasteiger partial charge on any atom is 0.165 e. The van der Waals surface area contributed by atoms with E-state index in [1.807, 2.05) is 0 Å². The highest BCUT2D eigenvalue weighted by Crippen LogP contribution is 2.30. The molecule has 0 atom stereocenters. The number of benzene rings is 2. The Labute approximate surface area is 102 Å². The lowest BCUT2D eigenvalue weighted by molar-refractivity contribution is 0.297. The molecule has 0 aromatic heterocycles. The summed E-state index contributed by atoms with van der Waals surface area (Å²) in [5, 5.41) is 9.36. The molecule has 3 N–H and O–H groups in total. The first-order chi connectivity index (χ1) is 8.59. The number of hydrogen-bond acceptors (Lipinski definition) is 3. The molecular weight excluding hydrogens is 240 g/mol. The van der Waals surface area contributed by atoms with Gasteiger partial charge >= 0.3 is 0 Å². The Kier molecular flexibility index (Phi) is 3.32. The lowest BCUT2D eigenvalue weighted by atomic mass is 10.2. The molecule has 0 aliphatic rings. The molecular formula is C13H11F2NO2. The van der Waals surface area contributed by atoms with E-state index >= 15 is 0 Å². The predicted octanol–water partition coefficient (Wildman–Crippen LogP) is 2.83. The molecule has 18 heavy (non-hydrogen) atoms. The zero-order valence-electron chi connectivity index (χ0n) is 9.36. The summed E-state index contributed by atoms with van der Waals surface area (Å²) in [5.74, 6) is -1.78. The molecule has 0 saturated heterocycles. The maximum atomic E-state index is 13.3. The first-order valence-corrected chi connectivity index (χ1v) is 5.22.